The van der Waals surface area contributed by atoms with Gasteiger partial charge in [0.2, 0.25) is 6.41 Å². The minimum atomic E-state index is 0.780. The Morgan fingerprint density at radius 3 is 2.47 bits per heavy atom. The van der Waals surface area contributed by atoms with Crippen molar-refractivity contribution in [3.05, 3.63) is 54.6 Å². The van der Waals surface area contributed by atoms with Crippen molar-refractivity contribution >= 4 is 29.5 Å². The number of amides is 1. The summed E-state index contributed by atoms with van der Waals surface area (Å²) in [6.07, 6.45) is 0.780. The van der Waals surface area contributed by atoms with Crippen LogP contribution in [0, 0.1) is 0 Å². The Morgan fingerprint density at radius 2 is 1.79 bits per heavy atom. The van der Waals surface area contributed by atoms with Crippen molar-refractivity contribution in [1.29, 1.82) is 0 Å². The lowest BCUT2D eigenvalue weighted by molar-refractivity contribution is -0.107. The minimum Gasteiger partial charge on any atom is -0.290 e. The van der Waals surface area contributed by atoms with Gasteiger partial charge in [-0.1, -0.05) is 37.3 Å². The third-order valence-electron chi connectivity index (χ3n) is 2.57. The summed E-state index contributed by atoms with van der Waals surface area (Å²) in [5.74, 6) is 0.991. The van der Waals surface area contributed by atoms with Gasteiger partial charge in [0.25, 0.3) is 0 Å². The molecule has 0 aliphatic carbocycles. The van der Waals surface area contributed by atoms with Crippen LogP contribution < -0.4 is 10.4 Å². The van der Waals surface area contributed by atoms with Gasteiger partial charge in [-0.3, -0.25) is 10.2 Å². The molecule has 0 aliphatic heterocycles. The monoisotopic (exact) mass is 272 g/mol. The molecule has 0 saturated heterocycles. The summed E-state index contributed by atoms with van der Waals surface area (Å²) in [5.41, 5.74) is 4.89. The van der Waals surface area contributed by atoms with Gasteiger partial charge < -0.3 is 0 Å². The standard InChI is InChI=1S/C15H16N2OS/c1-2-19-15-11-7-6-10-14(15)16-17(12-18)13-8-4-3-5-9-13/h3-12,16H,2H2,1H3. The molecule has 98 valence electrons. The van der Waals surface area contributed by atoms with Crippen molar-refractivity contribution in [2.75, 3.05) is 16.2 Å². The Kier molecular flexibility index (Phi) is 4.86. The van der Waals surface area contributed by atoms with Crippen LogP contribution in [0.5, 0.6) is 0 Å². The lowest BCUT2D eigenvalue weighted by Gasteiger charge is -2.21. The first-order chi connectivity index (χ1) is 9.35. The van der Waals surface area contributed by atoms with Crippen LogP contribution in [0.4, 0.5) is 11.4 Å². The van der Waals surface area contributed by atoms with E-state index in [0.717, 1.165) is 28.4 Å². The molecule has 0 fully saturated rings. The number of anilines is 2. The van der Waals surface area contributed by atoms with Gasteiger partial charge in [0, 0.05) is 4.90 Å². The van der Waals surface area contributed by atoms with Crippen LogP contribution in [0.1, 0.15) is 6.92 Å². The normalized spacial score (nSPS) is 9.95. The second-order valence-electron chi connectivity index (χ2n) is 3.85. The molecule has 0 aliphatic rings. The molecule has 1 amide bonds. The Balaban J connectivity index is 2.21. The summed E-state index contributed by atoms with van der Waals surface area (Å²) < 4.78 is 0. The lowest BCUT2D eigenvalue weighted by Crippen LogP contribution is -2.28. The van der Waals surface area contributed by atoms with Crippen LogP contribution in [-0.2, 0) is 4.79 Å². The maximum atomic E-state index is 11.2. The zero-order chi connectivity index (χ0) is 13.5. The molecule has 0 saturated carbocycles. The maximum absolute atomic E-state index is 11.2. The van der Waals surface area contributed by atoms with Gasteiger partial charge in [-0.15, -0.1) is 11.8 Å². The zero-order valence-corrected chi connectivity index (χ0v) is 11.6. The molecule has 2 aromatic rings. The fourth-order valence-corrected chi connectivity index (χ4v) is 2.47. The number of nitrogens with zero attached hydrogens (tertiary/aromatic N) is 1. The Labute approximate surface area is 117 Å². The molecule has 4 heteroatoms. The average molecular weight is 272 g/mol. The van der Waals surface area contributed by atoms with Gasteiger partial charge in [0.1, 0.15) is 0 Å². The molecule has 0 aromatic heterocycles. The SMILES string of the molecule is CCSc1ccccc1NN(C=O)c1ccccc1. The van der Waals surface area contributed by atoms with Crippen molar-refractivity contribution < 1.29 is 4.79 Å². The van der Waals surface area contributed by atoms with E-state index >= 15 is 0 Å². The van der Waals surface area contributed by atoms with E-state index in [0.29, 0.717) is 0 Å². The molecule has 0 heterocycles. The summed E-state index contributed by atoms with van der Waals surface area (Å²) in [5, 5.41) is 1.48. The zero-order valence-electron chi connectivity index (χ0n) is 10.7. The van der Waals surface area contributed by atoms with Crippen molar-refractivity contribution in [3.63, 3.8) is 0 Å². The van der Waals surface area contributed by atoms with Crippen molar-refractivity contribution in [1.82, 2.24) is 0 Å². The summed E-state index contributed by atoms with van der Waals surface area (Å²) in [6.45, 7) is 2.11. The molecule has 0 radical (unpaired) electrons. The predicted octanol–water partition coefficient (Wildman–Crippen LogP) is 3.79. The highest BCUT2D eigenvalue weighted by molar-refractivity contribution is 7.99. The number of hydrazine groups is 1. The van der Waals surface area contributed by atoms with Crippen LogP contribution >= 0.6 is 11.8 Å². The van der Waals surface area contributed by atoms with Gasteiger partial charge in [0.15, 0.2) is 0 Å². The van der Waals surface area contributed by atoms with E-state index in [1.807, 2.05) is 54.6 Å². The Morgan fingerprint density at radius 1 is 1.11 bits per heavy atom. The van der Waals surface area contributed by atoms with E-state index in [2.05, 4.69) is 12.3 Å². The molecule has 0 bridgehead atoms. The highest BCUT2D eigenvalue weighted by Gasteiger charge is 2.07. The highest BCUT2D eigenvalue weighted by Crippen LogP contribution is 2.27. The van der Waals surface area contributed by atoms with Gasteiger partial charge in [-0.25, -0.2) is 5.01 Å². The van der Waals surface area contributed by atoms with Crippen LogP contribution in [0.25, 0.3) is 0 Å². The average Bonchev–Trinajstić information content (AvgIpc) is 2.47. The van der Waals surface area contributed by atoms with Crippen LogP contribution in [0.15, 0.2) is 59.5 Å². The molecule has 1 N–H and O–H groups in total. The van der Waals surface area contributed by atoms with Crippen LogP contribution in [0.3, 0.4) is 0 Å². The summed E-state index contributed by atoms with van der Waals surface area (Å²) in [4.78, 5) is 12.4. The molecular weight excluding hydrogens is 256 g/mol. The third kappa shape index (κ3) is 3.51. The Hall–Kier alpha value is -1.94. The van der Waals surface area contributed by atoms with E-state index in [-0.39, 0.29) is 0 Å². The number of carbonyl (C=O) groups is 1. The van der Waals surface area contributed by atoms with Crippen LogP contribution in [0.2, 0.25) is 0 Å². The number of thioether (sulfide) groups is 1. The first-order valence-electron chi connectivity index (χ1n) is 6.13. The minimum absolute atomic E-state index is 0.780. The summed E-state index contributed by atoms with van der Waals surface area (Å²) in [7, 11) is 0. The van der Waals surface area contributed by atoms with E-state index in [9.17, 15) is 4.79 Å². The quantitative estimate of drug-likeness (QED) is 0.493. The molecule has 3 nitrogen and oxygen atoms in total. The van der Waals surface area contributed by atoms with Crippen LogP contribution in [-0.4, -0.2) is 12.2 Å². The smallest absolute Gasteiger partial charge is 0.232 e. The molecular formula is C15H16N2OS. The van der Waals surface area contributed by atoms with E-state index < -0.39 is 0 Å². The predicted molar refractivity (Wildman–Crippen MR) is 81.4 cm³/mol. The maximum Gasteiger partial charge on any atom is 0.232 e. The number of hydrogen-bond acceptors (Lipinski definition) is 3. The second kappa shape index (κ2) is 6.85. The third-order valence-corrected chi connectivity index (χ3v) is 3.52. The molecule has 0 unspecified atom stereocenters. The topological polar surface area (TPSA) is 32.3 Å². The first-order valence-corrected chi connectivity index (χ1v) is 7.11. The number of nitrogens with one attached hydrogen (secondary N) is 1. The van der Waals surface area contributed by atoms with Crippen molar-refractivity contribution in [2.24, 2.45) is 0 Å². The van der Waals surface area contributed by atoms with E-state index in [1.165, 1.54) is 5.01 Å². The summed E-state index contributed by atoms with van der Waals surface area (Å²) >= 11 is 1.74. The summed E-state index contributed by atoms with van der Waals surface area (Å²) in [6, 6.07) is 17.5. The van der Waals surface area contributed by atoms with Gasteiger partial charge in [0.05, 0.1) is 11.4 Å². The number of para-hydroxylation sites is 2. The number of hydrogen-bond donors (Lipinski definition) is 1. The van der Waals surface area contributed by atoms with Crippen molar-refractivity contribution in [3.8, 4) is 0 Å². The number of benzene rings is 2. The van der Waals surface area contributed by atoms with Gasteiger partial charge >= 0.3 is 0 Å². The van der Waals surface area contributed by atoms with Gasteiger partial charge in [-0.05, 0) is 30.0 Å². The molecule has 2 rings (SSSR count). The van der Waals surface area contributed by atoms with E-state index in [4.69, 9.17) is 0 Å². The number of carbonyl (C=O) groups excluding carboxylic acids is 1. The molecule has 0 atom stereocenters. The van der Waals surface area contributed by atoms with Gasteiger partial charge in [-0.2, -0.15) is 0 Å². The second-order valence-corrected chi connectivity index (χ2v) is 5.16. The highest BCUT2D eigenvalue weighted by atomic mass is 32.2. The molecule has 2 aromatic carbocycles. The fraction of sp³-hybridized carbons (Fsp3) is 0.133. The van der Waals surface area contributed by atoms with Crippen molar-refractivity contribution in [2.45, 2.75) is 11.8 Å². The largest absolute Gasteiger partial charge is 0.290 e. The number of rotatable bonds is 6. The Bertz CT molecular complexity index is 531. The lowest BCUT2D eigenvalue weighted by atomic mass is 10.3. The first kappa shape index (κ1) is 13.5. The molecule has 0 spiro atoms. The van der Waals surface area contributed by atoms with E-state index in [1.54, 1.807) is 11.8 Å². The fourth-order valence-electron chi connectivity index (χ4n) is 1.71. The molecule has 19 heavy (non-hydrogen) atoms.